The maximum Gasteiger partial charge on any atom is 0.130 e. The van der Waals surface area contributed by atoms with E-state index in [-0.39, 0.29) is 10.8 Å². The number of pyridine rings is 1. The third kappa shape index (κ3) is 7.52. The third-order valence-corrected chi connectivity index (χ3v) is 9.74. The minimum atomic E-state index is -0.198. The summed E-state index contributed by atoms with van der Waals surface area (Å²) in [5, 5.41) is 0. The van der Waals surface area contributed by atoms with Crippen molar-refractivity contribution in [3.8, 4) is 23.0 Å². The van der Waals surface area contributed by atoms with Gasteiger partial charge in [-0.2, -0.15) is 0 Å². The molecule has 0 radical (unpaired) electrons. The molecule has 5 nitrogen and oxygen atoms in total. The van der Waals surface area contributed by atoms with Crippen LogP contribution in [0, 0.1) is 0 Å². The van der Waals surface area contributed by atoms with E-state index in [2.05, 4.69) is 125 Å². The van der Waals surface area contributed by atoms with Crippen molar-refractivity contribution in [1.82, 2.24) is 4.98 Å². The fraction of sp³-hybridized carbons (Fsp3) is 0.222. The Labute approximate surface area is 295 Å². The molecule has 8 heterocycles. The van der Waals surface area contributed by atoms with Gasteiger partial charge < -0.3 is 18.9 Å². The summed E-state index contributed by atoms with van der Waals surface area (Å²) >= 11 is 0. The Morgan fingerprint density at radius 1 is 0.380 bits per heavy atom. The van der Waals surface area contributed by atoms with Crippen LogP contribution in [0.1, 0.15) is 72.5 Å². The van der Waals surface area contributed by atoms with Crippen LogP contribution in [0.15, 0.2) is 140 Å². The summed E-state index contributed by atoms with van der Waals surface area (Å²) in [7, 11) is 0. The standard InChI is InChI=1S/C45H43NO4/c1-44(2)34-11-19-40(20-12-34)47-28-32-7-5-8-33(27-32)29-48-41-21-13-35(14-22-41)45(3,4)37-17-25-43(26-18-37)50-31-39-10-6-9-38(46-39)30-49-42-23-15-36(44)16-24-42/h5-27H,28-31H2,1-4H3. The number of aromatic nitrogens is 1. The van der Waals surface area contributed by atoms with Gasteiger partial charge in [-0.3, -0.25) is 4.98 Å². The van der Waals surface area contributed by atoms with Crippen molar-refractivity contribution in [3.05, 3.63) is 184 Å². The van der Waals surface area contributed by atoms with E-state index in [9.17, 15) is 0 Å². The van der Waals surface area contributed by atoms with Crippen molar-refractivity contribution in [2.45, 2.75) is 65.0 Å². The van der Waals surface area contributed by atoms with E-state index in [4.69, 9.17) is 23.9 Å². The molecule has 0 unspecified atom stereocenters. The van der Waals surface area contributed by atoms with E-state index in [0.717, 1.165) is 45.5 Å². The van der Waals surface area contributed by atoms with Gasteiger partial charge in [0.2, 0.25) is 0 Å². The molecule has 13 rings (SSSR count). The van der Waals surface area contributed by atoms with Crippen LogP contribution in [0.3, 0.4) is 0 Å². The van der Waals surface area contributed by atoms with Crippen molar-refractivity contribution in [3.63, 3.8) is 0 Å². The lowest BCUT2D eigenvalue weighted by atomic mass is 9.78. The van der Waals surface area contributed by atoms with Gasteiger partial charge in [-0.1, -0.05) is 100 Å². The van der Waals surface area contributed by atoms with E-state index >= 15 is 0 Å². The van der Waals surface area contributed by atoms with E-state index in [1.165, 1.54) is 22.3 Å². The molecule has 252 valence electrons. The van der Waals surface area contributed by atoms with Gasteiger partial charge in [-0.05, 0) is 100 Å². The number of benzene rings is 5. The second-order valence-electron chi connectivity index (χ2n) is 13.9. The maximum absolute atomic E-state index is 6.19. The number of rotatable bonds is 0. The van der Waals surface area contributed by atoms with Crippen LogP contribution in [-0.2, 0) is 37.3 Å². The third-order valence-electron chi connectivity index (χ3n) is 9.74. The zero-order valence-corrected chi connectivity index (χ0v) is 29.2. The highest BCUT2D eigenvalue weighted by Crippen LogP contribution is 2.35. The molecular formula is C45H43NO4. The second kappa shape index (κ2) is 14.1. The van der Waals surface area contributed by atoms with Crippen LogP contribution in [0.5, 0.6) is 23.0 Å². The number of ether oxygens (including phenoxy) is 4. The van der Waals surface area contributed by atoms with Crippen molar-refractivity contribution in [2.75, 3.05) is 0 Å². The first kappa shape index (κ1) is 33.0. The zero-order chi connectivity index (χ0) is 34.6. The van der Waals surface area contributed by atoms with Crippen molar-refractivity contribution in [2.24, 2.45) is 0 Å². The molecule has 0 saturated heterocycles. The van der Waals surface area contributed by atoms with Gasteiger partial charge in [0, 0.05) is 10.8 Å². The molecule has 0 atom stereocenters. The number of hydrogen-bond donors (Lipinski definition) is 0. The van der Waals surface area contributed by atoms with Crippen LogP contribution >= 0.6 is 0 Å². The minimum absolute atomic E-state index is 0.198. The molecule has 0 saturated carbocycles. The Kier molecular flexibility index (Phi) is 9.31. The van der Waals surface area contributed by atoms with Gasteiger partial charge in [0.15, 0.2) is 0 Å². The highest BCUT2D eigenvalue weighted by molar-refractivity contribution is 5.43. The monoisotopic (exact) mass is 661 g/mol. The summed E-state index contributed by atoms with van der Waals surface area (Å²) in [6.07, 6.45) is 0. The average molecular weight is 662 g/mol. The van der Waals surface area contributed by atoms with Gasteiger partial charge in [-0.25, -0.2) is 0 Å². The second-order valence-corrected chi connectivity index (χ2v) is 13.9. The molecule has 0 spiro atoms. The van der Waals surface area contributed by atoms with Crippen LogP contribution in [-0.4, -0.2) is 4.98 Å². The Balaban J connectivity index is 1.13. The first-order valence-corrected chi connectivity index (χ1v) is 17.2. The molecule has 12 bridgehead atoms. The van der Waals surface area contributed by atoms with Gasteiger partial charge in [-0.15, -0.1) is 0 Å². The van der Waals surface area contributed by atoms with E-state index in [0.29, 0.717) is 26.4 Å². The van der Waals surface area contributed by atoms with Crippen LogP contribution in [0.4, 0.5) is 0 Å². The number of hydrogen-bond acceptors (Lipinski definition) is 5. The molecule has 7 aliphatic heterocycles. The Bertz CT molecular complexity index is 1740. The molecule has 5 heteroatoms. The highest BCUT2D eigenvalue weighted by Gasteiger charge is 2.24. The summed E-state index contributed by atoms with van der Waals surface area (Å²) in [5.74, 6) is 3.28. The topological polar surface area (TPSA) is 49.8 Å². The first-order valence-electron chi connectivity index (χ1n) is 17.2. The fourth-order valence-electron chi connectivity index (χ4n) is 6.35. The first-order chi connectivity index (χ1) is 24.2. The van der Waals surface area contributed by atoms with Crippen molar-refractivity contribution >= 4 is 0 Å². The maximum atomic E-state index is 6.19. The minimum Gasteiger partial charge on any atom is -0.489 e. The van der Waals surface area contributed by atoms with Gasteiger partial charge in [0.1, 0.15) is 49.4 Å². The van der Waals surface area contributed by atoms with Crippen molar-refractivity contribution in [1.29, 1.82) is 0 Å². The SMILES string of the molecule is CC1(C)c2ccc(cc2)OCc2cccc(c2)COc2ccc(cc2)C(C)(C)c2ccc(cc2)OCc2cccc(n2)COc2ccc1cc2. The quantitative estimate of drug-likeness (QED) is 0.162. The van der Waals surface area contributed by atoms with Crippen LogP contribution in [0.2, 0.25) is 0 Å². The predicted octanol–water partition coefficient (Wildman–Crippen LogP) is 10.4. The lowest BCUT2D eigenvalue weighted by Gasteiger charge is -2.26. The highest BCUT2D eigenvalue weighted by atomic mass is 16.5. The summed E-state index contributed by atoms with van der Waals surface area (Å²) in [4.78, 5) is 4.78. The van der Waals surface area contributed by atoms with Gasteiger partial charge in [0.05, 0.1) is 11.4 Å². The molecule has 5 aromatic carbocycles. The predicted molar refractivity (Wildman–Crippen MR) is 198 cm³/mol. The summed E-state index contributed by atoms with van der Waals surface area (Å²) < 4.78 is 24.7. The Hall–Kier alpha value is -5.55. The van der Waals surface area contributed by atoms with Crippen LogP contribution < -0.4 is 18.9 Å². The molecule has 6 aromatic rings. The zero-order valence-electron chi connectivity index (χ0n) is 29.2. The van der Waals surface area contributed by atoms with Crippen LogP contribution in [0.25, 0.3) is 0 Å². The van der Waals surface area contributed by atoms with E-state index in [1.54, 1.807) is 0 Å². The lowest BCUT2D eigenvalue weighted by molar-refractivity contribution is 0.290. The summed E-state index contributed by atoms with van der Waals surface area (Å²) in [6, 6.07) is 47.8. The number of nitrogens with zero attached hydrogens (tertiary/aromatic N) is 1. The molecule has 50 heavy (non-hydrogen) atoms. The van der Waals surface area contributed by atoms with Crippen molar-refractivity contribution < 1.29 is 18.9 Å². The van der Waals surface area contributed by atoms with Gasteiger partial charge >= 0.3 is 0 Å². The normalized spacial score (nSPS) is 15.4. The molecule has 0 N–H and O–H groups in total. The fourth-order valence-corrected chi connectivity index (χ4v) is 6.35. The average Bonchev–Trinajstić information content (AvgIpc) is 3.15. The smallest absolute Gasteiger partial charge is 0.130 e. The largest absolute Gasteiger partial charge is 0.489 e. The molecule has 0 fully saturated rings. The Morgan fingerprint density at radius 2 is 0.680 bits per heavy atom. The van der Waals surface area contributed by atoms with E-state index < -0.39 is 0 Å². The molecule has 0 aliphatic carbocycles. The molecule has 0 amide bonds. The molecular weight excluding hydrogens is 618 g/mol. The molecule has 1 aromatic heterocycles. The summed E-state index contributed by atoms with van der Waals surface area (Å²) in [5.41, 5.74) is 8.32. The van der Waals surface area contributed by atoms with E-state index in [1.807, 2.05) is 42.5 Å². The Morgan fingerprint density at radius 3 is 1.02 bits per heavy atom. The lowest BCUT2D eigenvalue weighted by Crippen LogP contribution is -2.18. The summed E-state index contributed by atoms with van der Waals surface area (Å²) in [6.45, 7) is 10.7. The van der Waals surface area contributed by atoms with Gasteiger partial charge in [0.25, 0.3) is 0 Å². The molecule has 7 aliphatic rings.